The van der Waals surface area contributed by atoms with Gasteiger partial charge in [0.25, 0.3) is 0 Å². The van der Waals surface area contributed by atoms with Crippen molar-refractivity contribution in [2.75, 3.05) is 0 Å². The first-order valence-electron chi connectivity index (χ1n) is 7.20. The maximum atomic E-state index is 12.0. The number of hydrogen-bond acceptors (Lipinski definition) is 2. The van der Waals surface area contributed by atoms with Crippen molar-refractivity contribution in [1.82, 2.24) is 0 Å². The highest BCUT2D eigenvalue weighted by Crippen LogP contribution is 2.45. The van der Waals surface area contributed by atoms with Crippen molar-refractivity contribution in [1.29, 1.82) is 0 Å². The molecule has 0 spiro atoms. The molecule has 0 aliphatic heterocycles. The van der Waals surface area contributed by atoms with E-state index in [2.05, 4.69) is 38.4 Å². The molecule has 19 heavy (non-hydrogen) atoms. The summed E-state index contributed by atoms with van der Waals surface area (Å²) in [6.07, 6.45) is 6.82. The number of rotatable bonds is 6. The molecule has 0 saturated carbocycles. The van der Waals surface area contributed by atoms with Crippen LogP contribution in [0, 0.1) is 5.41 Å². The Kier molecular flexibility index (Phi) is 5.19. The minimum Gasteiger partial charge on any atom is -0.463 e. The van der Waals surface area contributed by atoms with Crippen molar-refractivity contribution in [3.63, 3.8) is 0 Å². The summed E-state index contributed by atoms with van der Waals surface area (Å²) < 4.78 is 5.31. The summed E-state index contributed by atoms with van der Waals surface area (Å²) in [7, 11) is -1.20. The predicted molar refractivity (Wildman–Crippen MR) is 83.9 cm³/mol. The van der Waals surface area contributed by atoms with Crippen LogP contribution in [0.5, 0.6) is 0 Å². The second-order valence-corrected chi connectivity index (χ2v) is 12.6. The van der Waals surface area contributed by atoms with E-state index in [1.54, 1.807) is 0 Å². The standard InChI is InChI=1S/C16H28O2Si/c1-13(2)18-15(17)11-16(9-7-8-10-16)14(3)12-19(4,5)6/h7,9,13H,3,8,10-12H2,1-2,4-6H3/t16-/m1/s1. The van der Waals surface area contributed by atoms with Gasteiger partial charge < -0.3 is 4.74 Å². The van der Waals surface area contributed by atoms with E-state index in [1.165, 1.54) is 5.57 Å². The molecule has 0 N–H and O–H groups in total. The van der Waals surface area contributed by atoms with E-state index in [9.17, 15) is 4.79 Å². The van der Waals surface area contributed by atoms with Gasteiger partial charge in [0.05, 0.1) is 12.5 Å². The molecule has 0 saturated heterocycles. The van der Waals surface area contributed by atoms with E-state index in [0.29, 0.717) is 6.42 Å². The summed E-state index contributed by atoms with van der Waals surface area (Å²) in [4.78, 5) is 12.0. The highest BCUT2D eigenvalue weighted by molar-refractivity contribution is 6.76. The van der Waals surface area contributed by atoms with Gasteiger partial charge >= 0.3 is 5.97 Å². The maximum absolute atomic E-state index is 12.0. The molecule has 0 heterocycles. The largest absolute Gasteiger partial charge is 0.463 e. The fourth-order valence-corrected chi connectivity index (χ4v) is 4.31. The van der Waals surface area contributed by atoms with Crippen molar-refractivity contribution in [3.05, 3.63) is 24.3 Å². The molecule has 2 nitrogen and oxygen atoms in total. The molecule has 0 radical (unpaired) electrons. The molecular formula is C16H28O2Si. The van der Waals surface area contributed by atoms with Crippen molar-refractivity contribution in [2.24, 2.45) is 5.41 Å². The Morgan fingerprint density at radius 3 is 2.47 bits per heavy atom. The Morgan fingerprint density at radius 1 is 1.42 bits per heavy atom. The monoisotopic (exact) mass is 280 g/mol. The third kappa shape index (κ3) is 4.98. The van der Waals surface area contributed by atoms with Crippen LogP contribution >= 0.6 is 0 Å². The fourth-order valence-electron chi connectivity index (χ4n) is 2.68. The van der Waals surface area contributed by atoms with Gasteiger partial charge in [0, 0.05) is 13.5 Å². The Morgan fingerprint density at radius 2 is 2.05 bits per heavy atom. The summed E-state index contributed by atoms with van der Waals surface area (Å²) in [6, 6.07) is 1.08. The van der Waals surface area contributed by atoms with E-state index in [1.807, 2.05) is 13.8 Å². The molecule has 0 aromatic rings. The Labute approximate surface area is 118 Å². The van der Waals surface area contributed by atoms with E-state index in [-0.39, 0.29) is 17.5 Å². The van der Waals surface area contributed by atoms with Gasteiger partial charge in [-0.25, -0.2) is 0 Å². The smallest absolute Gasteiger partial charge is 0.307 e. The van der Waals surface area contributed by atoms with Gasteiger partial charge in [0.1, 0.15) is 0 Å². The molecule has 0 aromatic heterocycles. The van der Waals surface area contributed by atoms with Crippen LogP contribution in [0.4, 0.5) is 0 Å². The van der Waals surface area contributed by atoms with Gasteiger partial charge in [-0.2, -0.15) is 0 Å². The third-order valence-electron chi connectivity index (χ3n) is 3.47. The summed E-state index contributed by atoms with van der Waals surface area (Å²) >= 11 is 0. The SMILES string of the molecule is C=C(C[Si](C)(C)C)[C@]1(CC(=O)OC(C)C)C=CCC1. The van der Waals surface area contributed by atoms with Gasteiger partial charge in [-0.05, 0) is 32.7 Å². The molecule has 0 aromatic carbocycles. The first-order valence-corrected chi connectivity index (χ1v) is 10.9. The summed E-state index contributed by atoms with van der Waals surface area (Å²) in [5.74, 6) is -0.0988. The average molecular weight is 280 g/mol. The van der Waals surface area contributed by atoms with Crippen LogP contribution in [-0.2, 0) is 9.53 Å². The van der Waals surface area contributed by atoms with Crippen molar-refractivity contribution >= 4 is 14.0 Å². The molecule has 1 rings (SSSR count). The minimum absolute atomic E-state index is 0.0415. The lowest BCUT2D eigenvalue weighted by atomic mass is 9.78. The van der Waals surface area contributed by atoms with Gasteiger partial charge in [-0.1, -0.05) is 43.9 Å². The Hall–Kier alpha value is -0.833. The Balaban J connectivity index is 2.78. The van der Waals surface area contributed by atoms with Crippen molar-refractivity contribution in [2.45, 2.75) is 64.9 Å². The maximum Gasteiger partial charge on any atom is 0.307 e. The minimum atomic E-state index is -1.20. The van der Waals surface area contributed by atoms with E-state index in [0.717, 1.165) is 18.9 Å². The van der Waals surface area contributed by atoms with Crippen molar-refractivity contribution in [3.8, 4) is 0 Å². The summed E-state index contributed by atoms with van der Waals surface area (Å²) in [5, 5.41) is 0. The normalized spacial score (nSPS) is 22.8. The molecule has 1 atom stereocenters. The number of allylic oxidation sites excluding steroid dienone is 3. The zero-order chi connectivity index (χ0) is 14.7. The van der Waals surface area contributed by atoms with Crippen LogP contribution in [0.25, 0.3) is 0 Å². The van der Waals surface area contributed by atoms with E-state index in [4.69, 9.17) is 4.74 Å². The van der Waals surface area contributed by atoms with Crippen LogP contribution < -0.4 is 0 Å². The van der Waals surface area contributed by atoms with Gasteiger partial charge in [0.15, 0.2) is 0 Å². The molecule has 0 fully saturated rings. The van der Waals surface area contributed by atoms with Crippen LogP contribution in [0.3, 0.4) is 0 Å². The molecule has 0 bridgehead atoms. The molecule has 3 heteroatoms. The zero-order valence-corrected chi connectivity index (χ0v) is 14.1. The molecular weight excluding hydrogens is 252 g/mol. The summed E-state index contributed by atoms with van der Waals surface area (Å²) in [5.41, 5.74) is 1.08. The van der Waals surface area contributed by atoms with Gasteiger partial charge in [-0.15, -0.1) is 0 Å². The molecule has 0 unspecified atom stereocenters. The highest BCUT2D eigenvalue weighted by atomic mass is 28.3. The second kappa shape index (κ2) is 6.08. The third-order valence-corrected chi connectivity index (χ3v) is 4.96. The van der Waals surface area contributed by atoms with Crippen LogP contribution in [0.15, 0.2) is 24.3 Å². The summed E-state index contributed by atoms with van der Waals surface area (Å²) in [6.45, 7) is 15.1. The zero-order valence-electron chi connectivity index (χ0n) is 13.1. The first-order chi connectivity index (χ1) is 8.65. The van der Waals surface area contributed by atoms with Gasteiger partial charge in [0.2, 0.25) is 0 Å². The van der Waals surface area contributed by atoms with Crippen LogP contribution in [-0.4, -0.2) is 20.1 Å². The fraction of sp³-hybridized carbons (Fsp3) is 0.688. The highest BCUT2D eigenvalue weighted by Gasteiger charge is 2.37. The quantitative estimate of drug-likeness (QED) is 0.405. The number of ether oxygens (including phenoxy) is 1. The molecule has 108 valence electrons. The van der Waals surface area contributed by atoms with E-state index >= 15 is 0 Å². The number of esters is 1. The number of carbonyl (C=O) groups is 1. The van der Waals surface area contributed by atoms with Crippen molar-refractivity contribution < 1.29 is 9.53 Å². The lowest BCUT2D eigenvalue weighted by Gasteiger charge is -2.32. The van der Waals surface area contributed by atoms with Crippen LogP contribution in [0.2, 0.25) is 25.7 Å². The Bertz CT molecular complexity index is 377. The lowest BCUT2D eigenvalue weighted by Crippen LogP contribution is -2.30. The van der Waals surface area contributed by atoms with E-state index < -0.39 is 8.07 Å². The molecule has 1 aliphatic rings. The lowest BCUT2D eigenvalue weighted by molar-refractivity contribution is -0.149. The predicted octanol–water partition coefficient (Wildman–Crippen LogP) is 4.56. The van der Waals surface area contributed by atoms with Crippen LogP contribution in [0.1, 0.15) is 33.1 Å². The van der Waals surface area contributed by atoms with Gasteiger partial charge in [-0.3, -0.25) is 4.79 Å². The molecule has 1 aliphatic carbocycles. The topological polar surface area (TPSA) is 26.3 Å². The first kappa shape index (κ1) is 16.2. The number of carbonyl (C=O) groups excluding carboxylic acids is 1. The average Bonchev–Trinajstić information content (AvgIpc) is 2.63. The second-order valence-electron chi connectivity index (χ2n) is 7.15. The molecule has 0 amide bonds. The number of hydrogen-bond donors (Lipinski definition) is 0.